The van der Waals surface area contributed by atoms with Crippen LogP contribution in [0.2, 0.25) is 0 Å². The highest BCUT2D eigenvalue weighted by Gasteiger charge is 2.20. The highest BCUT2D eigenvalue weighted by molar-refractivity contribution is 9.10. The molecule has 0 aliphatic rings. The topological polar surface area (TPSA) is 22.0 Å². The van der Waals surface area contributed by atoms with Crippen molar-refractivity contribution in [2.45, 2.75) is 12.8 Å². The van der Waals surface area contributed by atoms with E-state index in [0.29, 0.717) is 0 Å². The summed E-state index contributed by atoms with van der Waals surface area (Å²) in [6.07, 6.45) is 1.84. The van der Waals surface area contributed by atoms with Crippen LogP contribution in [-0.2, 0) is 11.8 Å². The van der Waals surface area contributed by atoms with Gasteiger partial charge in [0.1, 0.15) is 0 Å². The first-order valence-electron chi connectivity index (χ1n) is 6.79. The van der Waals surface area contributed by atoms with Gasteiger partial charge in [0.15, 0.2) is 5.12 Å². The van der Waals surface area contributed by atoms with Gasteiger partial charge in [0.05, 0.1) is 11.4 Å². The van der Waals surface area contributed by atoms with Gasteiger partial charge in [-0.25, -0.2) is 0 Å². The first kappa shape index (κ1) is 14.7. The summed E-state index contributed by atoms with van der Waals surface area (Å²) in [7, 11) is 2.07. The van der Waals surface area contributed by atoms with E-state index in [4.69, 9.17) is 0 Å². The van der Waals surface area contributed by atoms with E-state index >= 15 is 0 Å². The van der Waals surface area contributed by atoms with Gasteiger partial charge in [-0.15, -0.1) is 0 Å². The molecule has 1 unspecified atom stereocenters. The van der Waals surface area contributed by atoms with E-state index in [1.54, 1.807) is 0 Å². The molecule has 1 aromatic heterocycles. The summed E-state index contributed by atoms with van der Waals surface area (Å²) in [4.78, 5) is 12.1. The Morgan fingerprint density at radius 2 is 2.00 bits per heavy atom. The van der Waals surface area contributed by atoms with Gasteiger partial charge in [-0.1, -0.05) is 52.8 Å². The Morgan fingerprint density at radius 3 is 2.71 bits per heavy atom. The number of rotatable bonds is 2. The minimum Gasteiger partial charge on any atom is -0.343 e. The molecule has 0 aliphatic heterocycles. The molecular weight excluding hydrogens is 346 g/mol. The summed E-state index contributed by atoms with van der Waals surface area (Å²) >= 11 is 4.84. The zero-order valence-electron chi connectivity index (χ0n) is 12.2. The summed E-state index contributed by atoms with van der Waals surface area (Å²) in [5, 5.41) is 2.62. The Bertz CT molecular complexity index is 853. The lowest BCUT2D eigenvalue weighted by Crippen LogP contribution is -2.06. The second-order valence-electron chi connectivity index (χ2n) is 5.21. The Hall–Kier alpha value is -1.26. The number of nitrogens with zero attached hydrogens (tertiary/aromatic N) is 1. The second kappa shape index (κ2) is 5.50. The van der Waals surface area contributed by atoms with Crippen molar-refractivity contribution in [3.63, 3.8) is 0 Å². The molecule has 0 radical (unpaired) electrons. The van der Waals surface area contributed by atoms with Crippen molar-refractivity contribution in [1.82, 2.24) is 4.57 Å². The molecule has 0 amide bonds. The van der Waals surface area contributed by atoms with Gasteiger partial charge in [0.2, 0.25) is 0 Å². The fourth-order valence-electron chi connectivity index (χ4n) is 2.94. The number of aryl methyl sites for hydroxylation is 1. The first-order valence-corrected chi connectivity index (χ1v) is 8.80. The van der Waals surface area contributed by atoms with Gasteiger partial charge >= 0.3 is 0 Å². The number of benzene rings is 2. The molecule has 1 heterocycles. The summed E-state index contributed by atoms with van der Waals surface area (Å²) in [6.45, 7) is 1.99. The number of carbonyl (C=O) groups is 1. The van der Waals surface area contributed by atoms with Crippen molar-refractivity contribution in [3.05, 3.63) is 46.4 Å². The number of thioether (sulfide) groups is 1. The molecule has 21 heavy (non-hydrogen) atoms. The number of halogens is 1. The predicted molar refractivity (Wildman–Crippen MR) is 95.1 cm³/mol. The second-order valence-corrected chi connectivity index (χ2v) is 6.94. The fourth-order valence-corrected chi connectivity index (χ4v) is 3.78. The Morgan fingerprint density at radius 1 is 1.24 bits per heavy atom. The van der Waals surface area contributed by atoms with Gasteiger partial charge in [-0.2, -0.15) is 0 Å². The first-order chi connectivity index (χ1) is 10.0. The summed E-state index contributed by atoms with van der Waals surface area (Å²) in [5.41, 5.74) is 3.44. The fraction of sp³-hybridized carbons (Fsp3) is 0.235. The number of para-hydroxylation sites is 1. The molecule has 0 spiro atoms. The summed E-state index contributed by atoms with van der Waals surface area (Å²) < 4.78 is 3.26. The predicted octanol–water partition coefficient (Wildman–Crippen LogP) is 5.09. The van der Waals surface area contributed by atoms with E-state index in [9.17, 15) is 4.79 Å². The SMILES string of the molecule is CSC(=O)C(C)c1cccc2c3cc(Br)ccc3n(C)c12. The molecule has 4 heteroatoms. The highest BCUT2D eigenvalue weighted by Crippen LogP contribution is 2.35. The molecule has 0 N–H and O–H groups in total. The van der Waals surface area contributed by atoms with E-state index in [-0.39, 0.29) is 11.0 Å². The van der Waals surface area contributed by atoms with Crippen molar-refractivity contribution < 1.29 is 4.79 Å². The van der Waals surface area contributed by atoms with E-state index < -0.39 is 0 Å². The Balaban J connectivity index is 2.38. The number of fused-ring (bicyclic) bond motifs is 3. The summed E-state index contributed by atoms with van der Waals surface area (Å²) in [5.74, 6) is -0.102. The zero-order valence-corrected chi connectivity index (χ0v) is 14.6. The molecular formula is C17H16BrNOS. The number of aromatic nitrogens is 1. The van der Waals surface area contributed by atoms with Crippen LogP contribution < -0.4 is 0 Å². The van der Waals surface area contributed by atoms with Crippen LogP contribution in [0, 0.1) is 0 Å². The molecule has 0 saturated carbocycles. The molecule has 2 nitrogen and oxygen atoms in total. The molecule has 0 saturated heterocycles. The maximum Gasteiger partial charge on any atom is 0.195 e. The van der Waals surface area contributed by atoms with Crippen LogP contribution in [0.15, 0.2) is 40.9 Å². The maximum absolute atomic E-state index is 12.1. The maximum atomic E-state index is 12.1. The van der Waals surface area contributed by atoms with Gasteiger partial charge in [-0.3, -0.25) is 4.79 Å². The van der Waals surface area contributed by atoms with Crippen LogP contribution in [0.1, 0.15) is 18.4 Å². The Labute approximate surface area is 136 Å². The van der Waals surface area contributed by atoms with Crippen molar-refractivity contribution in [2.24, 2.45) is 7.05 Å². The van der Waals surface area contributed by atoms with E-state index in [1.165, 1.54) is 28.1 Å². The molecule has 0 aliphatic carbocycles. The molecule has 1 atom stereocenters. The Kier molecular flexibility index (Phi) is 3.84. The van der Waals surface area contributed by atoms with E-state index in [2.05, 4.69) is 57.9 Å². The molecule has 108 valence electrons. The van der Waals surface area contributed by atoms with Crippen molar-refractivity contribution in [1.29, 1.82) is 0 Å². The number of hydrogen-bond acceptors (Lipinski definition) is 2. The lowest BCUT2D eigenvalue weighted by atomic mass is 9.99. The van der Waals surface area contributed by atoms with Crippen LogP contribution in [0.25, 0.3) is 21.8 Å². The third-order valence-electron chi connectivity index (χ3n) is 4.03. The smallest absolute Gasteiger partial charge is 0.195 e. The van der Waals surface area contributed by atoms with Crippen LogP contribution in [-0.4, -0.2) is 15.9 Å². The molecule has 0 bridgehead atoms. The van der Waals surface area contributed by atoms with Crippen LogP contribution >= 0.6 is 27.7 Å². The molecule has 2 aromatic carbocycles. The zero-order chi connectivity index (χ0) is 15.1. The van der Waals surface area contributed by atoms with Crippen LogP contribution in [0.3, 0.4) is 0 Å². The molecule has 3 rings (SSSR count). The largest absolute Gasteiger partial charge is 0.343 e. The average molecular weight is 362 g/mol. The van der Waals surface area contributed by atoms with Crippen molar-refractivity contribution in [3.8, 4) is 0 Å². The summed E-state index contributed by atoms with van der Waals surface area (Å²) in [6, 6.07) is 12.5. The van der Waals surface area contributed by atoms with Gasteiger partial charge < -0.3 is 4.57 Å². The molecule has 3 aromatic rings. The number of carbonyl (C=O) groups excluding carboxylic acids is 1. The van der Waals surface area contributed by atoms with Crippen molar-refractivity contribution in [2.75, 3.05) is 6.26 Å². The minimum absolute atomic E-state index is 0.102. The highest BCUT2D eigenvalue weighted by atomic mass is 79.9. The lowest BCUT2D eigenvalue weighted by molar-refractivity contribution is -0.111. The molecule has 0 fully saturated rings. The quantitative estimate of drug-likeness (QED) is 0.634. The third kappa shape index (κ3) is 2.30. The minimum atomic E-state index is -0.102. The van der Waals surface area contributed by atoms with E-state index in [1.807, 2.05) is 19.2 Å². The van der Waals surface area contributed by atoms with Crippen LogP contribution in [0.4, 0.5) is 0 Å². The monoisotopic (exact) mass is 361 g/mol. The lowest BCUT2D eigenvalue weighted by Gasteiger charge is -2.12. The van der Waals surface area contributed by atoms with Gasteiger partial charge in [0.25, 0.3) is 0 Å². The van der Waals surface area contributed by atoms with Gasteiger partial charge in [-0.05, 0) is 30.0 Å². The van der Waals surface area contributed by atoms with Crippen LogP contribution in [0.5, 0.6) is 0 Å². The average Bonchev–Trinajstić information content (AvgIpc) is 2.78. The number of hydrogen-bond donors (Lipinski definition) is 0. The van der Waals surface area contributed by atoms with Crippen molar-refractivity contribution >= 4 is 54.6 Å². The normalized spacial score (nSPS) is 13.0. The third-order valence-corrected chi connectivity index (χ3v) is 5.28. The standard InChI is InChI=1S/C17H16BrNOS/c1-10(17(20)21-3)12-5-4-6-13-14-9-11(18)7-8-15(14)19(2)16(12)13/h4-10H,1-3H3. The van der Waals surface area contributed by atoms with E-state index in [0.717, 1.165) is 15.6 Å². The van der Waals surface area contributed by atoms with Gasteiger partial charge in [0, 0.05) is 27.8 Å².